The first-order valence-corrected chi connectivity index (χ1v) is 9.68. The molecule has 2 aromatic carbocycles. The first kappa shape index (κ1) is 19.8. The van der Waals surface area contributed by atoms with Crippen LogP contribution in [0.3, 0.4) is 0 Å². The molecular formula is C19H16F3N3O2S. The number of rotatable bonds is 4. The van der Waals surface area contributed by atoms with E-state index in [1.165, 1.54) is 36.5 Å². The molecule has 0 spiro atoms. The fourth-order valence-electron chi connectivity index (χ4n) is 2.84. The maximum Gasteiger partial charge on any atom is 0.434 e. The largest absolute Gasteiger partial charge is 0.434 e. The third-order valence-corrected chi connectivity index (χ3v) is 4.92. The second-order valence-corrected chi connectivity index (χ2v) is 7.49. The molecule has 146 valence electrons. The molecule has 0 fully saturated rings. The van der Waals surface area contributed by atoms with Crippen LogP contribution in [0.15, 0.2) is 65.6 Å². The SMILES string of the molecule is C/C=C/n1nc(-c2ccc(S(N)(=O)=O)cc2)c(-c2ccccc2)c1C(F)(F)F. The lowest BCUT2D eigenvalue weighted by atomic mass is 9.98. The van der Waals surface area contributed by atoms with Crippen LogP contribution in [0.1, 0.15) is 12.6 Å². The molecule has 28 heavy (non-hydrogen) atoms. The highest BCUT2D eigenvalue weighted by atomic mass is 32.2. The Hall–Kier alpha value is -2.91. The Morgan fingerprint density at radius 2 is 1.61 bits per heavy atom. The van der Waals surface area contributed by atoms with Crippen molar-refractivity contribution < 1.29 is 21.6 Å². The second-order valence-electron chi connectivity index (χ2n) is 5.93. The van der Waals surface area contributed by atoms with Crippen LogP contribution < -0.4 is 5.14 Å². The highest BCUT2D eigenvalue weighted by Crippen LogP contribution is 2.42. The van der Waals surface area contributed by atoms with Gasteiger partial charge in [-0.3, -0.25) is 0 Å². The summed E-state index contributed by atoms with van der Waals surface area (Å²) in [6.07, 6.45) is -1.99. The Labute approximate surface area is 160 Å². The van der Waals surface area contributed by atoms with Crippen molar-refractivity contribution in [2.45, 2.75) is 18.0 Å². The van der Waals surface area contributed by atoms with Gasteiger partial charge in [0.2, 0.25) is 10.0 Å². The van der Waals surface area contributed by atoms with E-state index in [-0.39, 0.29) is 16.2 Å². The number of benzene rings is 2. The monoisotopic (exact) mass is 407 g/mol. The maximum absolute atomic E-state index is 13.9. The molecule has 9 heteroatoms. The molecule has 2 N–H and O–H groups in total. The molecule has 3 rings (SSSR count). The van der Waals surface area contributed by atoms with Crippen molar-refractivity contribution in [3.63, 3.8) is 0 Å². The van der Waals surface area contributed by atoms with Gasteiger partial charge in [0.1, 0.15) is 5.69 Å². The van der Waals surface area contributed by atoms with Gasteiger partial charge in [-0.2, -0.15) is 18.3 Å². The Balaban J connectivity index is 2.32. The number of allylic oxidation sites excluding steroid dienone is 1. The van der Waals surface area contributed by atoms with Crippen LogP contribution in [0.4, 0.5) is 13.2 Å². The summed E-state index contributed by atoms with van der Waals surface area (Å²) in [7, 11) is -3.92. The quantitative estimate of drug-likeness (QED) is 0.697. The first-order chi connectivity index (χ1) is 13.1. The van der Waals surface area contributed by atoms with Crippen LogP contribution in [0.2, 0.25) is 0 Å². The zero-order chi connectivity index (χ0) is 20.5. The molecule has 0 bridgehead atoms. The van der Waals surface area contributed by atoms with Crippen molar-refractivity contribution in [2.75, 3.05) is 0 Å². The van der Waals surface area contributed by atoms with E-state index in [4.69, 9.17) is 5.14 Å². The normalized spacial score (nSPS) is 12.6. The summed E-state index contributed by atoms with van der Waals surface area (Å²) in [4.78, 5) is -0.138. The first-order valence-electron chi connectivity index (χ1n) is 8.14. The van der Waals surface area contributed by atoms with Crippen molar-refractivity contribution in [1.29, 1.82) is 0 Å². The summed E-state index contributed by atoms with van der Waals surface area (Å²) in [5.74, 6) is 0. The van der Waals surface area contributed by atoms with Crippen molar-refractivity contribution in [1.82, 2.24) is 9.78 Å². The summed E-state index contributed by atoms with van der Waals surface area (Å²) in [6.45, 7) is 1.59. The van der Waals surface area contributed by atoms with Crippen LogP contribution in [-0.4, -0.2) is 18.2 Å². The molecular weight excluding hydrogens is 391 g/mol. The fraction of sp³-hybridized carbons (Fsp3) is 0.105. The highest BCUT2D eigenvalue weighted by molar-refractivity contribution is 7.89. The third-order valence-electron chi connectivity index (χ3n) is 3.99. The van der Waals surface area contributed by atoms with E-state index in [1.807, 2.05) is 0 Å². The van der Waals surface area contributed by atoms with Crippen molar-refractivity contribution in [2.24, 2.45) is 5.14 Å². The molecule has 0 saturated carbocycles. The molecule has 0 aliphatic heterocycles. The van der Waals surface area contributed by atoms with Crippen molar-refractivity contribution in [3.05, 3.63) is 66.4 Å². The topological polar surface area (TPSA) is 78.0 Å². The average Bonchev–Trinajstić information content (AvgIpc) is 3.02. The molecule has 0 aliphatic rings. The standard InChI is InChI=1S/C19H16F3N3O2S/c1-2-12-25-18(19(20,21)22)16(13-6-4-3-5-7-13)17(24-25)14-8-10-15(11-9-14)28(23,26)27/h2-12H,1H3,(H2,23,26,27)/b12-2+. The number of halogens is 3. The van der Waals surface area contributed by atoms with E-state index in [0.717, 1.165) is 4.68 Å². The lowest BCUT2D eigenvalue weighted by Crippen LogP contribution is -2.12. The fourth-order valence-corrected chi connectivity index (χ4v) is 3.35. The van der Waals surface area contributed by atoms with Crippen LogP contribution >= 0.6 is 0 Å². The molecule has 0 amide bonds. The van der Waals surface area contributed by atoms with Crippen molar-refractivity contribution in [3.8, 4) is 22.4 Å². The molecule has 1 heterocycles. The number of nitrogens with two attached hydrogens (primary N) is 1. The van der Waals surface area contributed by atoms with E-state index in [9.17, 15) is 21.6 Å². The number of hydrogen-bond donors (Lipinski definition) is 1. The van der Waals surface area contributed by atoms with E-state index in [1.54, 1.807) is 37.3 Å². The highest BCUT2D eigenvalue weighted by Gasteiger charge is 2.40. The molecule has 5 nitrogen and oxygen atoms in total. The molecule has 0 radical (unpaired) electrons. The summed E-state index contributed by atoms with van der Waals surface area (Å²) in [5, 5.41) is 9.22. The van der Waals surface area contributed by atoms with Gasteiger partial charge >= 0.3 is 6.18 Å². The lowest BCUT2D eigenvalue weighted by Gasteiger charge is -2.11. The van der Waals surface area contributed by atoms with Gasteiger partial charge in [0.05, 0.1) is 4.90 Å². The minimum atomic E-state index is -4.66. The molecule has 0 aliphatic carbocycles. The zero-order valence-electron chi connectivity index (χ0n) is 14.7. The number of aromatic nitrogens is 2. The van der Waals surface area contributed by atoms with Gasteiger partial charge in [-0.05, 0) is 24.6 Å². The van der Waals surface area contributed by atoms with Crippen LogP contribution in [0.25, 0.3) is 28.6 Å². The van der Waals surface area contributed by atoms with Gasteiger partial charge in [-0.15, -0.1) is 0 Å². The molecule has 1 aromatic heterocycles. The summed E-state index contributed by atoms with van der Waals surface area (Å²) in [6, 6.07) is 13.3. The Morgan fingerprint density at radius 3 is 2.11 bits per heavy atom. The summed E-state index contributed by atoms with van der Waals surface area (Å²) < 4.78 is 65.3. The molecule has 0 unspecified atom stereocenters. The lowest BCUT2D eigenvalue weighted by molar-refractivity contribution is -0.142. The smallest absolute Gasteiger partial charge is 0.235 e. The zero-order valence-corrected chi connectivity index (χ0v) is 15.5. The second kappa shape index (κ2) is 7.25. The molecule has 0 saturated heterocycles. The Morgan fingerprint density at radius 1 is 1.00 bits per heavy atom. The number of sulfonamides is 1. The predicted octanol–water partition coefficient (Wildman–Crippen LogP) is 4.37. The van der Waals surface area contributed by atoms with Crippen LogP contribution in [0, 0.1) is 0 Å². The van der Waals surface area contributed by atoms with Gasteiger partial charge in [0, 0.05) is 17.3 Å². The van der Waals surface area contributed by atoms with E-state index in [0.29, 0.717) is 11.1 Å². The number of hydrogen-bond acceptors (Lipinski definition) is 3. The summed E-state index contributed by atoms with van der Waals surface area (Å²) >= 11 is 0. The Bertz CT molecular complexity index is 1120. The van der Waals surface area contributed by atoms with Crippen LogP contribution in [0.5, 0.6) is 0 Å². The minimum absolute atomic E-state index is 0.0811. The van der Waals surface area contributed by atoms with Gasteiger partial charge in [-0.1, -0.05) is 48.5 Å². The van der Waals surface area contributed by atoms with Gasteiger partial charge < -0.3 is 0 Å². The van der Waals surface area contributed by atoms with Crippen molar-refractivity contribution >= 4 is 16.2 Å². The number of nitrogens with zero attached hydrogens (tertiary/aromatic N) is 2. The maximum atomic E-state index is 13.9. The van der Waals surface area contributed by atoms with Gasteiger partial charge in [-0.25, -0.2) is 18.2 Å². The summed E-state index contributed by atoms with van der Waals surface area (Å²) in [5.41, 5.74) is -0.245. The Kier molecular flexibility index (Phi) is 5.14. The van der Waals surface area contributed by atoms with Gasteiger partial charge in [0.15, 0.2) is 5.69 Å². The number of alkyl halides is 3. The predicted molar refractivity (Wildman–Crippen MR) is 100 cm³/mol. The van der Waals surface area contributed by atoms with Crippen LogP contribution in [-0.2, 0) is 16.2 Å². The molecule has 3 aromatic rings. The third kappa shape index (κ3) is 3.85. The number of primary sulfonamides is 1. The minimum Gasteiger partial charge on any atom is -0.235 e. The van der Waals surface area contributed by atoms with Gasteiger partial charge in [0.25, 0.3) is 0 Å². The van der Waals surface area contributed by atoms with E-state index < -0.39 is 21.9 Å². The molecule has 0 atom stereocenters. The average molecular weight is 407 g/mol. The van der Waals surface area contributed by atoms with E-state index >= 15 is 0 Å². The van der Waals surface area contributed by atoms with E-state index in [2.05, 4.69) is 5.10 Å².